The SMILES string of the molecule is NC(C(=O)NC1C(=O)N2C(C(=O)O)=C(CSc3nnnn3CS(=O)(=O)O)CS[C@H]12)c1ccccc1. The zero-order valence-corrected chi connectivity index (χ0v) is 20.2. The molecule has 3 heterocycles. The van der Waals surface area contributed by atoms with Crippen LogP contribution >= 0.6 is 23.5 Å². The number of β-lactam (4-membered cyclic amide) rings is 1. The number of thioether (sulfide) groups is 2. The Morgan fingerprint density at radius 1 is 1.31 bits per heavy atom. The molecule has 1 saturated heterocycles. The second kappa shape index (κ2) is 9.94. The first-order valence-corrected chi connectivity index (χ1v) is 13.6. The first-order valence-electron chi connectivity index (χ1n) is 9.92. The van der Waals surface area contributed by atoms with E-state index in [1.807, 2.05) is 0 Å². The van der Waals surface area contributed by atoms with Crippen LogP contribution in [0.1, 0.15) is 11.6 Å². The third-order valence-electron chi connectivity index (χ3n) is 5.15. The fourth-order valence-electron chi connectivity index (χ4n) is 3.54. The standard InChI is InChI=1S/C18H19N7O7S3/c19-11(9-4-2-1-3-5-9)14(26)20-12-15(27)25-13(17(28)29)10(6-33-16(12)25)7-34-18-21-22-23-24(18)8-35(30,31)32/h1-5,11-12,16H,6-8,19H2,(H,20,26)(H,28,29)(H,30,31,32)/t11?,12?,16-/m1/s1. The summed E-state index contributed by atoms with van der Waals surface area (Å²) < 4.78 is 32.1. The Labute approximate surface area is 207 Å². The quantitative estimate of drug-likeness (QED) is 0.171. The van der Waals surface area contributed by atoms with Gasteiger partial charge >= 0.3 is 5.97 Å². The maximum atomic E-state index is 12.8. The molecular formula is C18H19N7O7S3. The molecule has 2 aliphatic rings. The summed E-state index contributed by atoms with van der Waals surface area (Å²) in [6.45, 7) is 0. The minimum absolute atomic E-state index is 0.0435. The highest BCUT2D eigenvalue weighted by Crippen LogP contribution is 2.41. The molecule has 1 fully saturated rings. The molecule has 2 aliphatic heterocycles. The van der Waals surface area contributed by atoms with Crippen LogP contribution in [-0.2, 0) is 30.4 Å². The largest absolute Gasteiger partial charge is 0.477 e. The van der Waals surface area contributed by atoms with E-state index < -0.39 is 51.2 Å². The number of aromatic nitrogens is 4. The number of amides is 2. The van der Waals surface area contributed by atoms with Gasteiger partial charge in [-0.3, -0.25) is 19.0 Å². The van der Waals surface area contributed by atoms with Crippen LogP contribution in [0.15, 0.2) is 46.8 Å². The lowest BCUT2D eigenvalue weighted by molar-refractivity contribution is -0.150. The van der Waals surface area contributed by atoms with Gasteiger partial charge in [0.15, 0.2) is 5.88 Å². The number of benzene rings is 1. The van der Waals surface area contributed by atoms with Gasteiger partial charge in [-0.05, 0) is 21.6 Å². The molecule has 0 bridgehead atoms. The lowest BCUT2D eigenvalue weighted by Gasteiger charge is -2.49. The number of hydrogen-bond acceptors (Lipinski definition) is 11. The van der Waals surface area contributed by atoms with Crippen LogP contribution in [0.25, 0.3) is 0 Å². The first kappa shape index (κ1) is 25.1. The third kappa shape index (κ3) is 5.32. The van der Waals surface area contributed by atoms with Crippen molar-refractivity contribution in [1.29, 1.82) is 0 Å². The summed E-state index contributed by atoms with van der Waals surface area (Å²) in [6.07, 6.45) is 0. The van der Waals surface area contributed by atoms with Crippen molar-refractivity contribution in [3.05, 3.63) is 47.2 Å². The highest BCUT2D eigenvalue weighted by molar-refractivity contribution is 8.01. The van der Waals surface area contributed by atoms with Crippen molar-refractivity contribution in [2.24, 2.45) is 5.73 Å². The molecule has 0 saturated carbocycles. The van der Waals surface area contributed by atoms with Gasteiger partial charge < -0.3 is 16.2 Å². The number of nitrogens with zero attached hydrogens (tertiary/aromatic N) is 5. The van der Waals surface area contributed by atoms with E-state index in [1.165, 1.54) is 11.8 Å². The summed E-state index contributed by atoms with van der Waals surface area (Å²) in [4.78, 5) is 38.5. The summed E-state index contributed by atoms with van der Waals surface area (Å²) in [5, 5.41) is 22.4. The second-order valence-electron chi connectivity index (χ2n) is 7.50. The highest BCUT2D eigenvalue weighted by atomic mass is 32.2. The number of carbonyl (C=O) groups is 3. The minimum Gasteiger partial charge on any atom is -0.477 e. The molecule has 35 heavy (non-hydrogen) atoms. The fraction of sp³-hybridized carbons (Fsp3) is 0.333. The highest BCUT2D eigenvalue weighted by Gasteiger charge is 2.54. The van der Waals surface area contributed by atoms with E-state index >= 15 is 0 Å². The van der Waals surface area contributed by atoms with E-state index in [0.29, 0.717) is 11.1 Å². The molecular weight excluding hydrogens is 522 g/mol. The molecule has 2 unspecified atom stereocenters. The number of tetrazole rings is 1. The third-order valence-corrected chi connectivity index (χ3v) is 8.10. The number of aliphatic carboxylic acids is 1. The number of carboxylic acids is 1. The summed E-state index contributed by atoms with van der Waals surface area (Å²) in [5.74, 6) is -3.02. The van der Waals surface area contributed by atoms with Gasteiger partial charge in [0.05, 0.1) is 0 Å². The predicted octanol–water partition coefficient (Wildman–Crippen LogP) is -0.951. The number of fused-ring (bicyclic) bond motifs is 1. The number of nitrogens with two attached hydrogens (primary N) is 1. The molecule has 0 radical (unpaired) electrons. The number of carbonyl (C=O) groups excluding carboxylic acids is 2. The summed E-state index contributed by atoms with van der Waals surface area (Å²) >= 11 is 2.23. The number of nitrogens with one attached hydrogen (secondary N) is 1. The lowest BCUT2D eigenvalue weighted by atomic mass is 10.0. The Bertz CT molecular complexity index is 1300. The summed E-state index contributed by atoms with van der Waals surface area (Å²) in [6, 6.07) is 6.73. The van der Waals surface area contributed by atoms with Crippen LogP contribution in [0, 0.1) is 0 Å². The molecule has 4 rings (SSSR count). The van der Waals surface area contributed by atoms with E-state index in [2.05, 4.69) is 20.8 Å². The summed E-state index contributed by atoms with van der Waals surface area (Å²) in [5.41, 5.74) is 6.75. The Morgan fingerprint density at radius 2 is 2.03 bits per heavy atom. The predicted molar refractivity (Wildman–Crippen MR) is 123 cm³/mol. The van der Waals surface area contributed by atoms with Crippen molar-refractivity contribution in [1.82, 2.24) is 30.4 Å². The van der Waals surface area contributed by atoms with Crippen LogP contribution in [-0.4, -0.2) is 83.9 Å². The Balaban J connectivity index is 1.46. The zero-order valence-electron chi connectivity index (χ0n) is 17.7. The van der Waals surface area contributed by atoms with Gasteiger partial charge in [-0.2, -0.15) is 8.42 Å². The van der Waals surface area contributed by atoms with Crippen molar-refractivity contribution in [2.45, 2.75) is 28.5 Å². The molecule has 17 heteroatoms. The number of carboxylic acid groups (broad SMARTS) is 1. The first-order chi connectivity index (χ1) is 16.6. The van der Waals surface area contributed by atoms with Gasteiger partial charge in [-0.15, -0.1) is 16.9 Å². The molecule has 2 aromatic rings. The van der Waals surface area contributed by atoms with Crippen LogP contribution in [0.2, 0.25) is 0 Å². The molecule has 3 atom stereocenters. The average molecular weight is 542 g/mol. The molecule has 1 aromatic heterocycles. The Hall–Kier alpha value is -2.99. The van der Waals surface area contributed by atoms with Gasteiger partial charge in [0, 0.05) is 11.5 Å². The topological polar surface area (TPSA) is 211 Å². The van der Waals surface area contributed by atoms with Crippen molar-refractivity contribution < 1.29 is 32.5 Å². The van der Waals surface area contributed by atoms with Gasteiger partial charge in [0.2, 0.25) is 11.1 Å². The van der Waals surface area contributed by atoms with Crippen molar-refractivity contribution in [3.8, 4) is 0 Å². The van der Waals surface area contributed by atoms with E-state index in [0.717, 1.165) is 21.3 Å². The Kier molecular flexibility index (Phi) is 7.13. The van der Waals surface area contributed by atoms with Gasteiger partial charge in [0.25, 0.3) is 16.0 Å². The van der Waals surface area contributed by atoms with Gasteiger partial charge in [-0.25, -0.2) is 9.48 Å². The molecule has 0 spiro atoms. The molecule has 1 aromatic carbocycles. The Morgan fingerprint density at radius 3 is 2.69 bits per heavy atom. The number of hydrogen-bond donors (Lipinski definition) is 4. The molecule has 5 N–H and O–H groups in total. The minimum atomic E-state index is -4.39. The maximum absolute atomic E-state index is 12.8. The van der Waals surface area contributed by atoms with Crippen LogP contribution in [0.4, 0.5) is 0 Å². The lowest BCUT2D eigenvalue weighted by Crippen LogP contribution is -2.71. The van der Waals surface area contributed by atoms with Gasteiger partial charge in [-0.1, -0.05) is 42.1 Å². The average Bonchev–Trinajstić information content (AvgIpc) is 3.25. The summed E-state index contributed by atoms with van der Waals surface area (Å²) in [7, 11) is -4.39. The second-order valence-corrected chi connectivity index (χ2v) is 11.0. The number of rotatable bonds is 9. The smallest absolute Gasteiger partial charge is 0.352 e. The van der Waals surface area contributed by atoms with E-state index in [9.17, 15) is 27.9 Å². The molecule has 186 valence electrons. The van der Waals surface area contributed by atoms with Crippen molar-refractivity contribution in [2.75, 3.05) is 11.5 Å². The van der Waals surface area contributed by atoms with Crippen molar-refractivity contribution in [3.63, 3.8) is 0 Å². The van der Waals surface area contributed by atoms with Crippen LogP contribution in [0.5, 0.6) is 0 Å². The zero-order chi connectivity index (χ0) is 25.3. The van der Waals surface area contributed by atoms with E-state index in [4.69, 9.17) is 10.3 Å². The van der Waals surface area contributed by atoms with Crippen LogP contribution in [0.3, 0.4) is 0 Å². The molecule has 2 amide bonds. The monoisotopic (exact) mass is 541 g/mol. The van der Waals surface area contributed by atoms with Gasteiger partial charge in [0.1, 0.15) is 23.2 Å². The normalized spacial score (nSPS) is 20.7. The van der Waals surface area contributed by atoms with E-state index in [-0.39, 0.29) is 22.4 Å². The molecule has 14 nitrogen and oxygen atoms in total. The van der Waals surface area contributed by atoms with Crippen molar-refractivity contribution >= 4 is 51.4 Å². The maximum Gasteiger partial charge on any atom is 0.352 e. The van der Waals surface area contributed by atoms with E-state index in [1.54, 1.807) is 30.3 Å². The van der Waals surface area contributed by atoms with Crippen LogP contribution < -0.4 is 11.1 Å². The fourth-order valence-corrected chi connectivity index (χ4v) is 6.46. The molecule has 0 aliphatic carbocycles.